The summed E-state index contributed by atoms with van der Waals surface area (Å²) in [7, 11) is 0. The zero-order chi connectivity index (χ0) is 16.2. The molecule has 0 fully saturated rings. The Labute approximate surface area is 136 Å². The Balaban J connectivity index is 3.22. The summed E-state index contributed by atoms with van der Waals surface area (Å²) in [5, 5.41) is 11.7. The van der Waals surface area contributed by atoms with E-state index in [1.54, 1.807) is 12.2 Å². The summed E-state index contributed by atoms with van der Waals surface area (Å²) < 4.78 is -0.303. The van der Waals surface area contributed by atoms with Gasteiger partial charge in [0.1, 0.15) is 5.76 Å². The summed E-state index contributed by atoms with van der Waals surface area (Å²) in [5.41, 5.74) is 0.136. The monoisotopic (exact) mass is 401 g/mol. The molecule has 0 aromatic carbocycles. The van der Waals surface area contributed by atoms with Crippen molar-refractivity contribution in [3.05, 3.63) is 47.3 Å². The number of aliphatic hydroxyl groups is 1. The number of imide groups is 1. The molecule has 0 bridgehead atoms. The first-order valence-electron chi connectivity index (χ1n) is 6.17. The highest BCUT2D eigenvalue weighted by Gasteiger charge is 2.19. The van der Waals surface area contributed by atoms with Gasteiger partial charge in [-0.25, -0.2) is 0 Å². The lowest BCUT2D eigenvalue weighted by atomic mass is 10.1. The van der Waals surface area contributed by atoms with Crippen LogP contribution in [0.15, 0.2) is 47.3 Å². The van der Waals surface area contributed by atoms with Crippen molar-refractivity contribution in [2.45, 2.75) is 24.2 Å². The van der Waals surface area contributed by atoms with Crippen LogP contribution in [0.2, 0.25) is 0 Å². The molecule has 0 aliphatic heterocycles. The largest absolute Gasteiger partial charge is 0.512 e. The van der Waals surface area contributed by atoms with Crippen LogP contribution in [0, 0.1) is 0 Å². The fourth-order valence-corrected chi connectivity index (χ4v) is 1.92. The molecule has 2 N–H and O–H groups in total. The van der Waals surface area contributed by atoms with Crippen molar-refractivity contribution in [2.75, 3.05) is 0 Å². The van der Waals surface area contributed by atoms with Crippen LogP contribution in [0.1, 0.15) is 20.8 Å². The van der Waals surface area contributed by atoms with Crippen molar-refractivity contribution in [1.29, 1.82) is 0 Å². The number of allylic oxidation sites excluding steroid dienone is 6. The topological polar surface area (TPSA) is 83.5 Å². The maximum Gasteiger partial charge on any atom is 0.261 e. The molecule has 0 aromatic heterocycles. The highest BCUT2D eigenvalue weighted by Crippen LogP contribution is 2.25. The molecule has 21 heavy (non-hydrogen) atoms. The lowest BCUT2D eigenvalue weighted by molar-refractivity contribution is -0.127. The molecule has 1 aliphatic carbocycles. The van der Waals surface area contributed by atoms with E-state index in [0.717, 1.165) is 0 Å². The van der Waals surface area contributed by atoms with E-state index in [0.29, 0.717) is 0 Å². The number of alkyl halides is 1. The van der Waals surface area contributed by atoms with Crippen molar-refractivity contribution >= 4 is 40.2 Å². The van der Waals surface area contributed by atoms with Gasteiger partial charge >= 0.3 is 0 Å². The molecule has 6 heteroatoms. The molecular formula is C15H16INO4. The van der Waals surface area contributed by atoms with E-state index >= 15 is 0 Å². The number of aliphatic hydroxyl groups excluding tert-OH is 1. The molecule has 0 aromatic rings. The number of halogens is 1. The number of hydrogen-bond donors (Lipinski definition) is 2. The number of amides is 2. The molecule has 0 radical (unpaired) electrons. The Bertz CT molecular complexity index is 605. The number of nitrogens with one attached hydrogen (secondary N) is 1. The number of ketones is 1. The second-order valence-electron chi connectivity index (χ2n) is 4.79. The van der Waals surface area contributed by atoms with Gasteiger partial charge in [0.2, 0.25) is 5.91 Å². The van der Waals surface area contributed by atoms with Crippen LogP contribution in [0.3, 0.4) is 0 Å². The third kappa shape index (κ3) is 5.30. The van der Waals surface area contributed by atoms with Gasteiger partial charge in [-0.05, 0) is 26.0 Å². The van der Waals surface area contributed by atoms with E-state index in [1.807, 2.05) is 13.0 Å². The van der Waals surface area contributed by atoms with E-state index in [9.17, 15) is 19.5 Å². The van der Waals surface area contributed by atoms with Gasteiger partial charge < -0.3 is 5.11 Å². The Morgan fingerprint density at radius 3 is 2.38 bits per heavy atom. The van der Waals surface area contributed by atoms with Crippen LogP contribution in [-0.2, 0) is 14.4 Å². The number of hydrogen-bond acceptors (Lipinski definition) is 4. The van der Waals surface area contributed by atoms with Gasteiger partial charge in [-0.2, -0.15) is 0 Å². The summed E-state index contributed by atoms with van der Waals surface area (Å²) >= 11 is 2.17. The smallest absolute Gasteiger partial charge is 0.261 e. The minimum absolute atomic E-state index is 0.122. The molecule has 5 nitrogen and oxygen atoms in total. The normalized spacial score (nSPS) is 24.6. The van der Waals surface area contributed by atoms with Crippen LogP contribution >= 0.6 is 22.6 Å². The zero-order valence-corrected chi connectivity index (χ0v) is 14.1. The molecule has 0 saturated heterocycles. The summed E-state index contributed by atoms with van der Waals surface area (Å²) in [6, 6.07) is 0. The summed E-state index contributed by atoms with van der Waals surface area (Å²) in [4.78, 5) is 34.8. The fourth-order valence-electron chi connectivity index (χ4n) is 1.56. The van der Waals surface area contributed by atoms with Gasteiger partial charge in [0.15, 0.2) is 5.78 Å². The lowest BCUT2D eigenvalue weighted by Crippen LogP contribution is -2.29. The highest BCUT2D eigenvalue weighted by atomic mass is 127. The average Bonchev–Trinajstić information content (AvgIpc) is 2.46. The molecular weight excluding hydrogens is 385 g/mol. The molecule has 2 amide bonds. The Kier molecular flexibility index (Phi) is 5.65. The first kappa shape index (κ1) is 17.4. The lowest BCUT2D eigenvalue weighted by Gasteiger charge is -2.09. The standard InChI is InChI=1S/C15H16INO4/c1-9(18)12(14(21)17-10(2)19)8-11-4-6-15(3,16)7-5-13(11)20/h4-8,18H,1-3H3,(H,17,19,21). The summed E-state index contributed by atoms with van der Waals surface area (Å²) in [5.74, 6) is -1.84. The third-order valence-corrected chi connectivity index (χ3v) is 3.38. The van der Waals surface area contributed by atoms with Crippen LogP contribution < -0.4 is 5.32 Å². The second-order valence-corrected chi connectivity index (χ2v) is 7.12. The van der Waals surface area contributed by atoms with Gasteiger partial charge in [-0.3, -0.25) is 19.7 Å². The minimum Gasteiger partial charge on any atom is -0.512 e. The van der Waals surface area contributed by atoms with E-state index in [2.05, 4.69) is 27.9 Å². The molecule has 112 valence electrons. The molecule has 1 aliphatic rings. The molecule has 0 saturated carbocycles. The second kappa shape index (κ2) is 6.84. The zero-order valence-electron chi connectivity index (χ0n) is 11.9. The van der Waals surface area contributed by atoms with Crippen molar-refractivity contribution in [1.82, 2.24) is 5.32 Å². The highest BCUT2D eigenvalue weighted by molar-refractivity contribution is 14.1. The first-order valence-corrected chi connectivity index (χ1v) is 7.25. The third-order valence-electron chi connectivity index (χ3n) is 2.66. The first-order chi connectivity index (χ1) is 9.62. The maximum atomic E-state index is 12.0. The Hall–Kier alpha value is -1.70. The van der Waals surface area contributed by atoms with E-state index in [-0.39, 0.29) is 26.1 Å². The van der Waals surface area contributed by atoms with Gasteiger partial charge in [-0.15, -0.1) is 0 Å². The van der Waals surface area contributed by atoms with Gasteiger partial charge in [-0.1, -0.05) is 40.8 Å². The fraction of sp³-hybridized carbons (Fsp3) is 0.267. The van der Waals surface area contributed by atoms with Gasteiger partial charge in [0.05, 0.1) is 8.99 Å². The summed E-state index contributed by atoms with van der Waals surface area (Å²) in [6.45, 7) is 4.43. The molecule has 1 atom stereocenters. The number of rotatable bonds is 2. The number of carbonyl (C=O) groups is 3. The predicted molar refractivity (Wildman–Crippen MR) is 87.9 cm³/mol. The van der Waals surface area contributed by atoms with Crippen molar-refractivity contribution < 1.29 is 19.5 Å². The Morgan fingerprint density at radius 2 is 1.86 bits per heavy atom. The number of carbonyl (C=O) groups excluding carboxylic acids is 3. The Morgan fingerprint density at radius 1 is 1.29 bits per heavy atom. The molecule has 1 rings (SSSR count). The SMILES string of the molecule is CC(=O)NC(=O)C(C=C1C=CC(C)(I)C=CC1=O)=C(C)O. The molecule has 0 heterocycles. The molecule has 1 unspecified atom stereocenters. The quantitative estimate of drug-likeness (QED) is 0.322. The van der Waals surface area contributed by atoms with Crippen LogP contribution in [0.25, 0.3) is 0 Å². The van der Waals surface area contributed by atoms with E-state index in [4.69, 9.17) is 0 Å². The van der Waals surface area contributed by atoms with Crippen LogP contribution in [0.4, 0.5) is 0 Å². The van der Waals surface area contributed by atoms with Crippen molar-refractivity contribution in [2.24, 2.45) is 0 Å². The van der Waals surface area contributed by atoms with Gasteiger partial charge in [0.25, 0.3) is 5.91 Å². The van der Waals surface area contributed by atoms with Crippen molar-refractivity contribution in [3.8, 4) is 0 Å². The minimum atomic E-state index is -0.748. The van der Waals surface area contributed by atoms with Crippen molar-refractivity contribution in [3.63, 3.8) is 0 Å². The van der Waals surface area contributed by atoms with Crippen LogP contribution in [-0.4, -0.2) is 26.1 Å². The maximum absolute atomic E-state index is 12.0. The summed E-state index contributed by atoms with van der Waals surface area (Å²) in [6.07, 6.45) is 7.85. The average molecular weight is 401 g/mol. The van der Waals surface area contributed by atoms with E-state index in [1.165, 1.54) is 26.0 Å². The molecule has 0 spiro atoms. The van der Waals surface area contributed by atoms with E-state index < -0.39 is 11.8 Å². The predicted octanol–water partition coefficient (Wildman–Crippen LogP) is 2.30. The van der Waals surface area contributed by atoms with Crippen LogP contribution in [0.5, 0.6) is 0 Å². The van der Waals surface area contributed by atoms with Gasteiger partial charge in [0, 0.05) is 12.5 Å².